The number of rotatable bonds is 3. The van der Waals surface area contributed by atoms with Gasteiger partial charge in [-0.3, -0.25) is 9.58 Å². The number of carbonyl (C=O) groups excluding carboxylic acids is 1. The molecule has 1 aliphatic carbocycles. The minimum Gasteiger partial charge on any atom is -0.351 e. The van der Waals surface area contributed by atoms with Crippen LogP contribution in [0.25, 0.3) is 0 Å². The molecule has 0 unspecified atom stereocenters. The Morgan fingerprint density at radius 1 is 1.21 bits per heavy atom. The van der Waals surface area contributed by atoms with Crippen molar-refractivity contribution in [1.82, 2.24) is 25.3 Å². The lowest BCUT2D eigenvalue weighted by Gasteiger charge is -2.39. The average Bonchev–Trinajstić information content (AvgIpc) is 3.25. The van der Waals surface area contributed by atoms with Crippen LogP contribution in [0.4, 0.5) is 16.3 Å². The third-order valence-electron chi connectivity index (χ3n) is 5.12. The van der Waals surface area contributed by atoms with E-state index in [2.05, 4.69) is 31.6 Å². The first-order chi connectivity index (χ1) is 11.8. The summed E-state index contributed by atoms with van der Waals surface area (Å²) < 4.78 is 1.96. The van der Waals surface area contributed by atoms with Crippen molar-refractivity contribution in [3.63, 3.8) is 0 Å². The van der Waals surface area contributed by atoms with Gasteiger partial charge in [-0.15, -0.1) is 5.10 Å². The maximum Gasteiger partial charge on any atom is 0.322 e. The minimum absolute atomic E-state index is 0.0433. The SMILES string of the molecule is O=C1NCCN1c1cnn(C2CN(c3cc4c(nn3)CCC4)C2)c1. The molecule has 8 heteroatoms. The van der Waals surface area contributed by atoms with E-state index in [1.54, 1.807) is 11.1 Å². The van der Waals surface area contributed by atoms with E-state index in [4.69, 9.17) is 0 Å². The number of hydrogen-bond donors (Lipinski definition) is 1. The Morgan fingerprint density at radius 2 is 2.12 bits per heavy atom. The van der Waals surface area contributed by atoms with Crippen LogP contribution in [0.15, 0.2) is 18.5 Å². The molecule has 124 valence electrons. The largest absolute Gasteiger partial charge is 0.351 e. The molecule has 5 rings (SSSR count). The molecule has 0 atom stereocenters. The zero-order valence-electron chi connectivity index (χ0n) is 13.4. The van der Waals surface area contributed by atoms with Crippen LogP contribution in [0, 0.1) is 0 Å². The molecule has 4 heterocycles. The Bertz CT molecular complexity index is 795. The molecular weight excluding hydrogens is 306 g/mol. The smallest absolute Gasteiger partial charge is 0.322 e. The standard InChI is InChI=1S/C16H19N7O/c24-16-17-4-5-22(16)12-7-18-23(10-12)13-8-21(9-13)15-6-11-2-1-3-14(11)19-20-15/h6-7,10,13H,1-5,8-9H2,(H,17,24). The van der Waals surface area contributed by atoms with Gasteiger partial charge in [0.05, 0.1) is 23.6 Å². The number of urea groups is 1. The Labute approximate surface area is 139 Å². The molecule has 2 aromatic rings. The van der Waals surface area contributed by atoms with E-state index < -0.39 is 0 Å². The van der Waals surface area contributed by atoms with Crippen LogP contribution in [0.3, 0.4) is 0 Å². The quantitative estimate of drug-likeness (QED) is 0.901. The Kier molecular flexibility index (Phi) is 2.97. The number of carbonyl (C=O) groups is 1. The number of anilines is 2. The van der Waals surface area contributed by atoms with E-state index in [0.29, 0.717) is 19.1 Å². The van der Waals surface area contributed by atoms with E-state index in [-0.39, 0.29) is 6.03 Å². The van der Waals surface area contributed by atoms with Crippen molar-refractivity contribution in [1.29, 1.82) is 0 Å². The zero-order chi connectivity index (χ0) is 16.1. The zero-order valence-corrected chi connectivity index (χ0v) is 13.4. The molecule has 0 aromatic carbocycles. The highest BCUT2D eigenvalue weighted by Crippen LogP contribution is 2.29. The highest BCUT2D eigenvalue weighted by atomic mass is 16.2. The monoisotopic (exact) mass is 325 g/mol. The first-order valence-corrected chi connectivity index (χ1v) is 8.48. The van der Waals surface area contributed by atoms with Crippen molar-refractivity contribution in [3.8, 4) is 0 Å². The van der Waals surface area contributed by atoms with Gasteiger partial charge in [-0.2, -0.15) is 10.2 Å². The van der Waals surface area contributed by atoms with Gasteiger partial charge < -0.3 is 10.2 Å². The van der Waals surface area contributed by atoms with Crippen molar-refractivity contribution in [2.24, 2.45) is 0 Å². The summed E-state index contributed by atoms with van der Waals surface area (Å²) in [5, 5.41) is 16.0. The van der Waals surface area contributed by atoms with Crippen LogP contribution in [0.1, 0.15) is 23.7 Å². The fourth-order valence-corrected chi connectivity index (χ4v) is 3.67. The van der Waals surface area contributed by atoms with Gasteiger partial charge in [0.2, 0.25) is 0 Å². The normalized spacial score (nSPS) is 20.2. The number of nitrogens with zero attached hydrogens (tertiary/aromatic N) is 6. The topological polar surface area (TPSA) is 79.2 Å². The van der Waals surface area contributed by atoms with Crippen LogP contribution in [-0.2, 0) is 12.8 Å². The summed E-state index contributed by atoms with van der Waals surface area (Å²) in [5.41, 5.74) is 3.38. The van der Waals surface area contributed by atoms with E-state index in [9.17, 15) is 4.79 Å². The first kappa shape index (κ1) is 13.8. The molecule has 2 amide bonds. The van der Waals surface area contributed by atoms with Crippen LogP contribution in [0.5, 0.6) is 0 Å². The summed E-state index contributed by atoms with van der Waals surface area (Å²) in [7, 11) is 0. The molecule has 0 bridgehead atoms. The summed E-state index contributed by atoms with van der Waals surface area (Å²) in [6.45, 7) is 3.14. The van der Waals surface area contributed by atoms with Crippen molar-refractivity contribution in [2.45, 2.75) is 25.3 Å². The van der Waals surface area contributed by atoms with Crippen LogP contribution in [0.2, 0.25) is 0 Å². The lowest BCUT2D eigenvalue weighted by molar-refractivity contribution is 0.252. The van der Waals surface area contributed by atoms with E-state index in [1.165, 1.54) is 12.0 Å². The van der Waals surface area contributed by atoms with Gasteiger partial charge >= 0.3 is 6.03 Å². The minimum atomic E-state index is -0.0433. The number of nitrogens with one attached hydrogen (secondary N) is 1. The van der Waals surface area contributed by atoms with Gasteiger partial charge in [-0.05, 0) is 30.9 Å². The van der Waals surface area contributed by atoms with Gasteiger partial charge in [-0.25, -0.2) is 4.79 Å². The highest BCUT2D eigenvalue weighted by molar-refractivity contribution is 5.93. The van der Waals surface area contributed by atoms with Crippen molar-refractivity contribution in [3.05, 3.63) is 29.7 Å². The van der Waals surface area contributed by atoms with E-state index in [1.807, 2.05) is 10.9 Å². The number of aryl methyl sites for hydroxylation is 2. The molecule has 2 aromatic heterocycles. The molecule has 1 N–H and O–H groups in total. The Morgan fingerprint density at radius 3 is 2.96 bits per heavy atom. The van der Waals surface area contributed by atoms with Gasteiger partial charge in [0.15, 0.2) is 5.82 Å². The molecule has 2 aliphatic heterocycles. The summed E-state index contributed by atoms with van der Waals surface area (Å²) in [6, 6.07) is 2.46. The maximum atomic E-state index is 11.7. The molecule has 0 saturated carbocycles. The van der Waals surface area contributed by atoms with Crippen LogP contribution >= 0.6 is 0 Å². The fourth-order valence-electron chi connectivity index (χ4n) is 3.67. The lowest BCUT2D eigenvalue weighted by Crippen LogP contribution is -2.48. The molecule has 2 fully saturated rings. The molecule has 2 saturated heterocycles. The summed E-state index contributed by atoms with van der Waals surface area (Å²) in [4.78, 5) is 15.7. The number of hydrogen-bond acceptors (Lipinski definition) is 5. The second kappa shape index (κ2) is 5.19. The van der Waals surface area contributed by atoms with Gasteiger partial charge in [0.25, 0.3) is 0 Å². The third kappa shape index (κ3) is 2.13. The van der Waals surface area contributed by atoms with Gasteiger partial charge in [0.1, 0.15) is 0 Å². The Hall–Kier alpha value is -2.64. The summed E-state index contributed by atoms with van der Waals surface area (Å²) in [5.74, 6) is 0.971. The summed E-state index contributed by atoms with van der Waals surface area (Å²) >= 11 is 0. The second-order valence-corrected chi connectivity index (χ2v) is 6.65. The molecule has 24 heavy (non-hydrogen) atoms. The molecule has 3 aliphatic rings. The van der Waals surface area contributed by atoms with Crippen molar-refractivity contribution < 1.29 is 4.79 Å². The second-order valence-electron chi connectivity index (χ2n) is 6.65. The highest BCUT2D eigenvalue weighted by Gasteiger charge is 2.32. The van der Waals surface area contributed by atoms with Crippen molar-refractivity contribution >= 4 is 17.5 Å². The van der Waals surface area contributed by atoms with E-state index >= 15 is 0 Å². The summed E-state index contributed by atoms with van der Waals surface area (Å²) in [6.07, 6.45) is 7.10. The first-order valence-electron chi connectivity index (χ1n) is 8.48. The third-order valence-corrected chi connectivity index (χ3v) is 5.12. The van der Waals surface area contributed by atoms with E-state index in [0.717, 1.165) is 43.1 Å². The Balaban J connectivity index is 1.27. The van der Waals surface area contributed by atoms with Crippen molar-refractivity contribution in [2.75, 3.05) is 36.0 Å². The molecule has 0 radical (unpaired) electrons. The fraction of sp³-hybridized carbons (Fsp3) is 0.500. The molecule has 0 spiro atoms. The molecule has 8 nitrogen and oxygen atoms in total. The average molecular weight is 325 g/mol. The predicted octanol–water partition coefficient (Wildman–Crippen LogP) is 0.753. The van der Waals surface area contributed by atoms with Gasteiger partial charge in [0, 0.05) is 32.4 Å². The molecular formula is C16H19N7O. The lowest BCUT2D eigenvalue weighted by atomic mass is 10.1. The maximum absolute atomic E-state index is 11.7. The number of aromatic nitrogens is 4. The number of amides is 2. The number of fused-ring (bicyclic) bond motifs is 1. The van der Waals surface area contributed by atoms with Gasteiger partial charge in [-0.1, -0.05) is 0 Å². The van der Waals surface area contributed by atoms with Crippen LogP contribution in [-0.4, -0.2) is 52.2 Å². The van der Waals surface area contributed by atoms with Crippen LogP contribution < -0.4 is 15.1 Å². The predicted molar refractivity (Wildman–Crippen MR) is 88.3 cm³/mol.